The maximum Gasteiger partial charge on any atom is 0.269 e. The van der Waals surface area contributed by atoms with Crippen LogP contribution in [0.3, 0.4) is 0 Å². The fraction of sp³-hybridized carbons (Fsp3) is 0.529. The maximum atomic E-state index is 13.4. The topological polar surface area (TPSA) is 53.2 Å². The first kappa shape index (κ1) is 19.4. The zero-order chi connectivity index (χ0) is 17.2. The molecular weight excluding hydrogens is 313 g/mol. The summed E-state index contributed by atoms with van der Waals surface area (Å²) < 4.78 is 13.4. The summed E-state index contributed by atoms with van der Waals surface area (Å²) >= 11 is 5.11. The molecule has 0 bridgehead atoms. The molecule has 0 unspecified atom stereocenters. The minimum absolute atomic E-state index is 0.247. The first-order valence-corrected chi connectivity index (χ1v) is 8.45. The fourth-order valence-corrected chi connectivity index (χ4v) is 2.21. The third-order valence-electron chi connectivity index (χ3n) is 3.64. The van der Waals surface area contributed by atoms with Gasteiger partial charge in [-0.25, -0.2) is 4.39 Å². The number of carbonyl (C=O) groups is 1. The van der Waals surface area contributed by atoms with Gasteiger partial charge in [-0.1, -0.05) is 39.2 Å². The summed E-state index contributed by atoms with van der Waals surface area (Å²) in [4.78, 5) is 11.9. The van der Waals surface area contributed by atoms with Crippen LogP contribution in [0.1, 0.15) is 55.5 Å². The Morgan fingerprint density at radius 3 is 2.70 bits per heavy atom. The van der Waals surface area contributed by atoms with Gasteiger partial charge in [0.05, 0.1) is 0 Å². The molecule has 0 aliphatic rings. The van der Waals surface area contributed by atoms with Crippen LogP contribution in [0, 0.1) is 18.7 Å². The average molecular weight is 339 g/mol. The van der Waals surface area contributed by atoms with E-state index >= 15 is 0 Å². The Bertz CT molecular complexity index is 537. The molecule has 0 saturated heterocycles. The third kappa shape index (κ3) is 7.41. The molecule has 3 N–H and O–H groups in total. The molecule has 4 nitrogen and oxygen atoms in total. The first-order chi connectivity index (χ1) is 10.9. The molecule has 1 rings (SSSR count). The minimum atomic E-state index is -0.427. The third-order valence-corrected chi connectivity index (χ3v) is 3.88. The molecular formula is C17H26FN3OS. The van der Waals surface area contributed by atoms with E-state index in [9.17, 15) is 9.18 Å². The number of hydrogen-bond donors (Lipinski definition) is 3. The van der Waals surface area contributed by atoms with Crippen LogP contribution in [0.2, 0.25) is 0 Å². The Balaban J connectivity index is 2.29. The second kappa shape index (κ2) is 10.2. The minimum Gasteiger partial charge on any atom is -0.361 e. The molecule has 1 aromatic rings. The van der Waals surface area contributed by atoms with E-state index in [0.717, 1.165) is 13.0 Å². The van der Waals surface area contributed by atoms with E-state index in [0.29, 0.717) is 16.6 Å². The molecule has 0 spiro atoms. The summed E-state index contributed by atoms with van der Waals surface area (Å²) in [5, 5.41) is 3.42. The Labute approximate surface area is 143 Å². The highest BCUT2D eigenvalue weighted by molar-refractivity contribution is 7.80. The Morgan fingerprint density at radius 1 is 1.30 bits per heavy atom. The lowest BCUT2D eigenvalue weighted by molar-refractivity contribution is 0.0943. The normalized spacial score (nSPS) is 11.7. The fourth-order valence-electron chi connectivity index (χ4n) is 2.08. The van der Waals surface area contributed by atoms with Gasteiger partial charge in [-0.05, 0) is 49.2 Å². The number of unbranched alkanes of at least 4 members (excludes halogenated alkanes) is 2. The van der Waals surface area contributed by atoms with Crippen molar-refractivity contribution in [2.24, 2.45) is 5.92 Å². The quantitative estimate of drug-likeness (QED) is 0.404. The number of hydrazine groups is 1. The summed E-state index contributed by atoms with van der Waals surface area (Å²) in [6.45, 7) is 6.75. The predicted molar refractivity (Wildman–Crippen MR) is 95.6 cm³/mol. The smallest absolute Gasteiger partial charge is 0.269 e. The van der Waals surface area contributed by atoms with Gasteiger partial charge in [0.15, 0.2) is 5.11 Å². The van der Waals surface area contributed by atoms with Crippen LogP contribution >= 0.6 is 12.2 Å². The summed E-state index contributed by atoms with van der Waals surface area (Å²) in [7, 11) is 0. The predicted octanol–water partition coefficient (Wildman–Crippen LogP) is 3.46. The van der Waals surface area contributed by atoms with E-state index in [4.69, 9.17) is 12.2 Å². The monoisotopic (exact) mass is 339 g/mol. The SMILES string of the molecule is CCCCC[C@H](C)CNC(=S)NNC(=O)c1ccc(C)c(F)c1. The number of aryl methyl sites for hydroxylation is 1. The molecule has 0 aliphatic heterocycles. The largest absolute Gasteiger partial charge is 0.361 e. The van der Waals surface area contributed by atoms with E-state index < -0.39 is 11.7 Å². The van der Waals surface area contributed by atoms with Gasteiger partial charge in [0.1, 0.15) is 5.82 Å². The Morgan fingerprint density at radius 2 is 2.04 bits per heavy atom. The second-order valence-corrected chi connectivity index (χ2v) is 6.26. The van der Waals surface area contributed by atoms with Gasteiger partial charge < -0.3 is 5.32 Å². The molecule has 128 valence electrons. The summed E-state index contributed by atoms with van der Waals surface area (Å²) in [5.74, 6) is -0.313. The molecule has 0 heterocycles. The van der Waals surface area contributed by atoms with Crippen molar-refractivity contribution < 1.29 is 9.18 Å². The van der Waals surface area contributed by atoms with Crippen molar-refractivity contribution in [3.63, 3.8) is 0 Å². The van der Waals surface area contributed by atoms with Crippen molar-refractivity contribution in [1.82, 2.24) is 16.2 Å². The number of thiocarbonyl (C=S) groups is 1. The van der Waals surface area contributed by atoms with Gasteiger partial charge in [-0.15, -0.1) is 0 Å². The summed E-state index contributed by atoms with van der Waals surface area (Å²) in [5.41, 5.74) is 5.85. The molecule has 23 heavy (non-hydrogen) atoms. The molecule has 1 atom stereocenters. The van der Waals surface area contributed by atoms with Crippen molar-refractivity contribution in [3.8, 4) is 0 Å². The van der Waals surface area contributed by atoms with Gasteiger partial charge >= 0.3 is 0 Å². The van der Waals surface area contributed by atoms with E-state index in [1.54, 1.807) is 19.1 Å². The zero-order valence-electron chi connectivity index (χ0n) is 14.0. The molecule has 0 aromatic heterocycles. The zero-order valence-corrected chi connectivity index (χ0v) is 14.9. The molecule has 0 radical (unpaired) electrons. The Hall–Kier alpha value is -1.69. The van der Waals surface area contributed by atoms with Crippen LogP contribution in [-0.2, 0) is 0 Å². The van der Waals surface area contributed by atoms with Crippen molar-refractivity contribution in [2.75, 3.05) is 6.54 Å². The van der Waals surface area contributed by atoms with Gasteiger partial charge in [-0.2, -0.15) is 0 Å². The van der Waals surface area contributed by atoms with Crippen LogP contribution in [0.5, 0.6) is 0 Å². The molecule has 1 amide bonds. The number of halogens is 1. The highest BCUT2D eigenvalue weighted by Gasteiger charge is 2.08. The van der Waals surface area contributed by atoms with Gasteiger partial charge in [0.25, 0.3) is 5.91 Å². The molecule has 0 aliphatic carbocycles. The molecule has 0 fully saturated rings. The van der Waals surface area contributed by atoms with Crippen LogP contribution in [-0.4, -0.2) is 17.6 Å². The number of hydrogen-bond acceptors (Lipinski definition) is 2. The number of amides is 1. The lowest BCUT2D eigenvalue weighted by atomic mass is 10.0. The summed E-state index contributed by atoms with van der Waals surface area (Å²) in [6.07, 6.45) is 4.83. The van der Waals surface area contributed by atoms with E-state index in [-0.39, 0.29) is 5.56 Å². The number of nitrogens with one attached hydrogen (secondary N) is 3. The van der Waals surface area contributed by atoms with Crippen LogP contribution < -0.4 is 16.2 Å². The van der Waals surface area contributed by atoms with Crippen molar-refractivity contribution >= 4 is 23.2 Å². The van der Waals surface area contributed by atoms with E-state index in [2.05, 4.69) is 30.0 Å². The number of benzene rings is 1. The molecule has 1 aromatic carbocycles. The number of carbonyl (C=O) groups excluding carboxylic acids is 1. The van der Waals surface area contributed by atoms with Gasteiger partial charge in [0, 0.05) is 12.1 Å². The van der Waals surface area contributed by atoms with E-state index in [1.165, 1.54) is 25.3 Å². The van der Waals surface area contributed by atoms with Gasteiger partial charge in [-0.3, -0.25) is 15.6 Å². The summed E-state index contributed by atoms with van der Waals surface area (Å²) in [6, 6.07) is 4.35. The van der Waals surface area contributed by atoms with E-state index in [1.807, 2.05) is 0 Å². The maximum absolute atomic E-state index is 13.4. The van der Waals surface area contributed by atoms with Gasteiger partial charge in [0.2, 0.25) is 0 Å². The van der Waals surface area contributed by atoms with Crippen molar-refractivity contribution in [3.05, 3.63) is 35.1 Å². The molecule has 0 saturated carbocycles. The standard InChI is InChI=1S/C17H26FN3OS/c1-4-5-6-7-12(2)11-19-17(23)21-20-16(22)14-9-8-13(3)15(18)10-14/h8-10,12H,4-7,11H2,1-3H3,(H,20,22)(H2,19,21,23)/t12-/m0/s1. The first-order valence-electron chi connectivity index (χ1n) is 8.04. The second-order valence-electron chi connectivity index (χ2n) is 5.85. The van der Waals surface area contributed by atoms with Crippen LogP contribution in [0.4, 0.5) is 4.39 Å². The average Bonchev–Trinajstić information content (AvgIpc) is 2.53. The highest BCUT2D eigenvalue weighted by Crippen LogP contribution is 2.09. The van der Waals surface area contributed by atoms with Crippen LogP contribution in [0.25, 0.3) is 0 Å². The Kier molecular flexibility index (Phi) is 8.55. The molecule has 6 heteroatoms. The van der Waals surface area contributed by atoms with Crippen molar-refractivity contribution in [2.45, 2.75) is 46.5 Å². The van der Waals surface area contributed by atoms with Crippen LogP contribution in [0.15, 0.2) is 18.2 Å². The lowest BCUT2D eigenvalue weighted by Gasteiger charge is -2.15. The highest BCUT2D eigenvalue weighted by atomic mass is 32.1. The van der Waals surface area contributed by atoms with Crippen molar-refractivity contribution in [1.29, 1.82) is 0 Å². The lowest BCUT2D eigenvalue weighted by Crippen LogP contribution is -2.47. The number of rotatable bonds is 7.